The van der Waals surface area contributed by atoms with E-state index in [9.17, 15) is 14.4 Å². The highest BCUT2D eigenvalue weighted by Crippen LogP contribution is 2.25. The molecular weight excluding hydrogens is 350 g/mol. The lowest BCUT2D eigenvalue weighted by atomic mass is 10.1. The van der Waals surface area contributed by atoms with Gasteiger partial charge in [-0.2, -0.15) is 0 Å². The fourth-order valence-corrected chi connectivity index (χ4v) is 2.96. The van der Waals surface area contributed by atoms with Gasteiger partial charge in [0, 0.05) is 19.1 Å². The highest BCUT2D eigenvalue weighted by atomic mass is 16.6. The van der Waals surface area contributed by atoms with Gasteiger partial charge in [0.2, 0.25) is 11.8 Å². The van der Waals surface area contributed by atoms with Gasteiger partial charge >= 0.3 is 6.09 Å². The maximum atomic E-state index is 12.2. The molecule has 8 heteroatoms. The Morgan fingerprint density at radius 1 is 1.19 bits per heavy atom. The van der Waals surface area contributed by atoms with E-state index in [1.807, 2.05) is 13.0 Å². The molecule has 0 aliphatic carbocycles. The Hall–Kier alpha value is -2.77. The molecule has 2 rings (SSSR count). The van der Waals surface area contributed by atoms with Crippen molar-refractivity contribution in [3.8, 4) is 5.75 Å². The van der Waals surface area contributed by atoms with Crippen molar-refractivity contribution in [1.82, 2.24) is 10.2 Å². The second-order valence-electron chi connectivity index (χ2n) is 6.46. The molecule has 3 amide bonds. The molecule has 27 heavy (non-hydrogen) atoms. The predicted molar refractivity (Wildman–Crippen MR) is 101 cm³/mol. The van der Waals surface area contributed by atoms with Crippen molar-refractivity contribution in [3.63, 3.8) is 0 Å². The van der Waals surface area contributed by atoms with Crippen LogP contribution in [0, 0.1) is 6.92 Å². The van der Waals surface area contributed by atoms with Crippen LogP contribution in [0.5, 0.6) is 5.75 Å². The number of benzene rings is 1. The van der Waals surface area contributed by atoms with Gasteiger partial charge in [0.25, 0.3) is 0 Å². The fraction of sp³-hybridized carbons (Fsp3) is 0.526. The van der Waals surface area contributed by atoms with E-state index >= 15 is 0 Å². The summed E-state index contributed by atoms with van der Waals surface area (Å²) in [6, 6.07) is 5.39. The van der Waals surface area contributed by atoms with E-state index in [0.717, 1.165) is 5.56 Å². The lowest BCUT2D eigenvalue weighted by Crippen LogP contribution is -2.47. The van der Waals surface area contributed by atoms with E-state index in [-0.39, 0.29) is 24.5 Å². The Bertz CT molecular complexity index is 684. The summed E-state index contributed by atoms with van der Waals surface area (Å²) in [5.74, 6) is -0.199. The monoisotopic (exact) mass is 377 g/mol. The number of aryl methyl sites for hydroxylation is 1. The Balaban J connectivity index is 1.78. The zero-order valence-corrected chi connectivity index (χ0v) is 16.0. The molecule has 0 spiro atoms. The molecule has 0 bridgehead atoms. The van der Waals surface area contributed by atoms with Crippen molar-refractivity contribution < 1.29 is 23.9 Å². The summed E-state index contributed by atoms with van der Waals surface area (Å²) in [7, 11) is 1.52. The first-order chi connectivity index (χ1) is 12.9. The van der Waals surface area contributed by atoms with Crippen molar-refractivity contribution in [3.05, 3.63) is 23.8 Å². The number of nitrogens with zero attached hydrogens (tertiary/aromatic N) is 1. The zero-order chi connectivity index (χ0) is 19.8. The lowest BCUT2D eigenvalue weighted by molar-refractivity contribution is -0.127. The number of hydrogen-bond donors (Lipinski definition) is 2. The van der Waals surface area contributed by atoms with Gasteiger partial charge in [-0.3, -0.25) is 9.59 Å². The SMILES string of the molecule is CCOC(=O)N1CCC(NC(=O)CC(=O)Nc2cc(C)ccc2OC)CC1. The van der Waals surface area contributed by atoms with E-state index in [0.29, 0.717) is 44.0 Å². The van der Waals surface area contributed by atoms with Crippen LogP contribution in [-0.4, -0.2) is 55.7 Å². The number of carbonyl (C=O) groups excluding carboxylic acids is 3. The first kappa shape index (κ1) is 20.5. The molecule has 0 saturated carbocycles. The Kier molecular flexibility index (Phi) is 7.45. The molecule has 0 aromatic heterocycles. The van der Waals surface area contributed by atoms with E-state index in [1.165, 1.54) is 7.11 Å². The standard InChI is InChI=1S/C19H27N3O5/c1-4-27-19(25)22-9-7-14(8-10-22)20-17(23)12-18(24)21-15-11-13(2)5-6-16(15)26-3/h5-6,11,14H,4,7-10,12H2,1-3H3,(H,20,23)(H,21,24). The van der Waals surface area contributed by atoms with Crippen LogP contribution in [0.4, 0.5) is 10.5 Å². The molecule has 1 aromatic carbocycles. The van der Waals surface area contributed by atoms with Gasteiger partial charge < -0.3 is 25.0 Å². The number of nitrogens with one attached hydrogen (secondary N) is 2. The highest BCUT2D eigenvalue weighted by Gasteiger charge is 2.25. The van der Waals surface area contributed by atoms with Crippen LogP contribution in [0.25, 0.3) is 0 Å². The quantitative estimate of drug-likeness (QED) is 0.740. The summed E-state index contributed by atoms with van der Waals surface area (Å²) in [5, 5.41) is 5.57. The summed E-state index contributed by atoms with van der Waals surface area (Å²) < 4.78 is 10.2. The van der Waals surface area contributed by atoms with Gasteiger partial charge in [-0.1, -0.05) is 6.07 Å². The summed E-state index contributed by atoms with van der Waals surface area (Å²) in [6.45, 7) is 5.07. The maximum Gasteiger partial charge on any atom is 0.409 e. The van der Waals surface area contributed by atoms with Crippen molar-refractivity contribution in [2.45, 2.75) is 39.2 Å². The number of amides is 3. The smallest absolute Gasteiger partial charge is 0.409 e. The summed E-state index contributed by atoms with van der Waals surface area (Å²) >= 11 is 0. The molecule has 8 nitrogen and oxygen atoms in total. The molecule has 0 atom stereocenters. The van der Waals surface area contributed by atoms with Crippen molar-refractivity contribution in [2.75, 3.05) is 32.1 Å². The number of likely N-dealkylation sites (tertiary alicyclic amines) is 1. The van der Waals surface area contributed by atoms with Gasteiger partial charge in [-0.05, 0) is 44.4 Å². The molecule has 148 valence electrons. The van der Waals surface area contributed by atoms with Crippen LogP contribution < -0.4 is 15.4 Å². The fourth-order valence-electron chi connectivity index (χ4n) is 2.96. The summed E-state index contributed by atoms with van der Waals surface area (Å²) in [6.07, 6.45) is 0.680. The molecular formula is C19H27N3O5. The van der Waals surface area contributed by atoms with Gasteiger partial charge in [-0.25, -0.2) is 4.79 Å². The largest absolute Gasteiger partial charge is 0.495 e. The molecule has 1 aromatic rings. The van der Waals surface area contributed by atoms with Crippen LogP contribution in [-0.2, 0) is 14.3 Å². The van der Waals surface area contributed by atoms with Crippen LogP contribution in [0.15, 0.2) is 18.2 Å². The topological polar surface area (TPSA) is 97.0 Å². The van der Waals surface area contributed by atoms with Crippen LogP contribution in [0.3, 0.4) is 0 Å². The normalized spacial score (nSPS) is 14.4. The first-order valence-electron chi connectivity index (χ1n) is 9.08. The number of anilines is 1. The second kappa shape index (κ2) is 9.80. The van der Waals surface area contributed by atoms with E-state index < -0.39 is 5.91 Å². The van der Waals surface area contributed by atoms with E-state index in [1.54, 1.807) is 24.0 Å². The maximum absolute atomic E-state index is 12.2. The van der Waals surface area contributed by atoms with Gasteiger partial charge in [-0.15, -0.1) is 0 Å². The molecule has 0 unspecified atom stereocenters. The number of piperidine rings is 1. The predicted octanol–water partition coefficient (Wildman–Crippen LogP) is 2.07. The minimum absolute atomic E-state index is 0.0514. The molecule has 1 fully saturated rings. The summed E-state index contributed by atoms with van der Waals surface area (Å²) in [5.41, 5.74) is 1.52. The van der Waals surface area contributed by atoms with Crippen LogP contribution >= 0.6 is 0 Å². The number of carbonyl (C=O) groups is 3. The number of ether oxygens (including phenoxy) is 2. The lowest BCUT2D eigenvalue weighted by Gasteiger charge is -2.31. The number of hydrogen-bond acceptors (Lipinski definition) is 5. The van der Waals surface area contributed by atoms with E-state index in [4.69, 9.17) is 9.47 Å². The molecule has 1 aliphatic rings. The molecule has 1 saturated heterocycles. The van der Waals surface area contributed by atoms with Gasteiger partial charge in [0.05, 0.1) is 19.4 Å². The third kappa shape index (κ3) is 6.16. The van der Waals surface area contributed by atoms with Crippen molar-refractivity contribution in [1.29, 1.82) is 0 Å². The van der Waals surface area contributed by atoms with Crippen LogP contribution in [0.1, 0.15) is 31.7 Å². The van der Waals surface area contributed by atoms with Crippen molar-refractivity contribution in [2.24, 2.45) is 0 Å². The minimum Gasteiger partial charge on any atom is -0.495 e. The van der Waals surface area contributed by atoms with E-state index in [2.05, 4.69) is 10.6 Å². The second-order valence-corrected chi connectivity index (χ2v) is 6.46. The third-order valence-corrected chi connectivity index (χ3v) is 4.34. The molecule has 1 aliphatic heterocycles. The molecule has 0 radical (unpaired) electrons. The number of methoxy groups -OCH3 is 1. The first-order valence-corrected chi connectivity index (χ1v) is 9.08. The van der Waals surface area contributed by atoms with Gasteiger partial charge in [0.15, 0.2) is 0 Å². The van der Waals surface area contributed by atoms with Gasteiger partial charge in [0.1, 0.15) is 12.2 Å². The Labute approximate surface area is 159 Å². The zero-order valence-electron chi connectivity index (χ0n) is 16.0. The number of rotatable bonds is 6. The van der Waals surface area contributed by atoms with Crippen molar-refractivity contribution >= 4 is 23.6 Å². The Morgan fingerprint density at radius 3 is 2.52 bits per heavy atom. The van der Waals surface area contributed by atoms with Crippen LogP contribution in [0.2, 0.25) is 0 Å². The third-order valence-electron chi connectivity index (χ3n) is 4.34. The average Bonchev–Trinajstić information content (AvgIpc) is 2.62. The minimum atomic E-state index is -0.402. The summed E-state index contributed by atoms with van der Waals surface area (Å²) in [4.78, 5) is 37.6. The molecule has 2 N–H and O–H groups in total. The molecule has 1 heterocycles. The Morgan fingerprint density at radius 2 is 1.89 bits per heavy atom. The average molecular weight is 377 g/mol. The highest BCUT2D eigenvalue weighted by molar-refractivity contribution is 6.04.